The van der Waals surface area contributed by atoms with E-state index in [0.29, 0.717) is 4.31 Å². The number of hydrazine groups is 1. The molecule has 11 nitrogen and oxygen atoms in total. The van der Waals surface area contributed by atoms with E-state index >= 15 is 0 Å². The topological polar surface area (TPSA) is 129 Å². The van der Waals surface area contributed by atoms with E-state index in [1.807, 2.05) is 0 Å². The zero-order valence-electron chi connectivity index (χ0n) is 20.9. The van der Waals surface area contributed by atoms with Gasteiger partial charge in [-0.05, 0) is 58.4 Å². The summed E-state index contributed by atoms with van der Waals surface area (Å²) < 4.78 is 32.2. The van der Waals surface area contributed by atoms with E-state index in [4.69, 9.17) is 27.9 Å². The van der Waals surface area contributed by atoms with Crippen LogP contribution >= 0.6 is 23.2 Å². The quantitative estimate of drug-likeness (QED) is 0.541. The van der Waals surface area contributed by atoms with Crippen molar-refractivity contribution in [3.63, 3.8) is 0 Å². The highest BCUT2D eigenvalue weighted by atomic mass is 35.5. The molecule has 14 heteroatoms. The maximum Gasteiger partial charge on any atom is 0.429 e. The number of pyridine rings is 1. The van der Waals surface area contributed by atoms with Gasteiger partial charge in [0.15, 0.2) is 0 Å². The summed E-state index contributed by atoms with van der Waals surface area (Å²) in [6.07, 6.45) is -0.912. The van der Waals surface area contributed by atoms with Gasteiger partial charge >= 0.3 is 12.1 Å². The minimum atomic E-state index is -4.23. The first kappa shape index (κ1) is 28.5. The van der Waals surface area contributed by atoms with Crippen LogP contribution in [0.15, 0.2) is 41.3 Å². The number of nitrogens with one attached hydrogen (secondary N) is 1. The Morgan fingerprint density at radius 2 is 1.68 bits per heavy atom. The monoisotopic (exact) mass is 571 g/mol. The largest absolute Gasteiger partial charge is 0.442 e. The molecule has 1 N–H and O–H groups in total. The highest BCUT2D eigenvalue weighted by Gasteiger charge is 2.46. The summed E-state index contributed by atoms with van der Waals surface area (Å²) >= 11 is 11.8. The molecule has 0 bridgehead atoms. The summed E-state index contributed by atoms with van der Waals surface area (Å²) in [6, 6.07) is 6.40. The Labute approximate surface area is 225 Å². The number of carbonyl (C=O) groups is 3. The molecule has 1 atom stereocenters. The van der Waals surface area contributed by atoms with Crippen LogP contribution in [-0.2, 0) is 19.6 Å². The summed E-state index contributed by atoms with van der Waals surface area (Å²) in [6.45, 7) is 6.68. The van der Waals surface area contributed by atoms with Gasteiger partial charge in [0.05, 0.1) is 4.90 Å². The van der Waals surface area contributed by atoms with Crippen molar-refractivity contribution in [2.24, 2.45) is 0 Å². The third kappa shape index (κ3) is 6.62. The molecule has 200 valence electrons. The van der Waals surface area contributed by atoms with Crippen molar-refractivity contribution in [2.45, 2.75) is 50.7 Å². The normalized spacial score (nSPS) is 15.9. The van der Waals surface area contributed by atoms with Gasteiger partial charge in [-0.25, -0.2) is 37.3 Å². The molecule has 3 rings (SSSR count). The highest BCUT2D eigenvalue weighted by molar-refractivity contribution is 7.89. The summed E-state index contributed by atoms with van der Waals surface area (Å²) in [4.78, 5) is 43.4. The fourth-order valence-corrected chi connectivity index (χ4v) is 5.15. The number of aromatic nitrogens is 1. The molecule has 1 aliphatic rings. The molecule has 0 aliphatic carbocycles. The summed E-state index contributed by atoms with van der Waals surface area (Å²) in [5, 5.41) is 4.34. The fourth-order valence-electron chi connectivity index (χ4n) is 3.53. The zero-order chi connectivity index (χ0) is 27.7. The average molecular weight is 572 g/mol. The third-order valence-electron chi connectivity index (χ3n) is 5.27. The number of nitrogens with zero attached hydrogens (tertiary/aromatic N) is 4. The molecule has 2 heterocycles. The Morgan fingerprint density at radius 3 is 2.22 bits per heavy atom. The number of likely N-dealkylation sites (N-methyl/N-ethyl adjacent to an activating group) is 1. The minimum absolute atomic E-state index is 0.00442. The fraction of sp³-hybridized carbons (Fsp3) is 0.391. The van der Waals surface area contributed by atoms with Crippen molar-refractivity contribution in [1.82, 2.24) is 19.3 Å². The number of carbonyl (C=O) groups excluding carboxylic acids is 3. The molecular weight excluding hydrogens is 545 g/mol. The van der Waals surface area contributed by atoms with Crippen LogP contribution in [0, 0.1) is 6.92 Å². The zero-order valence-corrected chi connectivity index (χ0v) is 23.2. The Balaban J connectivity index is 1.94. The van der Waals surface area contributed by atoms with Gasteiger partial charge in [-0.3, -0.25) is 4.79 Å². The predicted octanol–water partition coefficient (Wildman–Crippen LogP) is 4.30. The molecule has 1 unspecified atom stereocenters. The van der Waals surface area contributed by atoms with E-state index in [2.05, 4.69) is 10.3 Å². The van der Waals surface area contributed by atoms with Crippen molar-refractivity contribution in [2.75, 3.05) is 18.9 Å². The van der Waals surface area contributed by atoms with E-state index in [9.17, 15) is 22.8 Å². The number of rotatable bonds is 4. The lowest BCUT2D eigenvalue weighted by Gasteiger charge is -2.33. The average Bonchev–Trinajstić information content (AvgIpc) is 3.22. The van der Waals surface area contributed by atoms with Crippen LogP contribution in [0.3, 0.4) is 0 Å². The Bertz CT molecular complexity index is 1290. The summed E-state index contributed by atoms with van der Waals surface area (Å²) in [7, 11) is -3.13. The van der Waals surface area contributed by atoms with Gasteiger partial charge in [0.25, 0.3) is 15.9 Å². The Morgan fingerprint density at radius 1 is 1.11 bits per heavy atom. The van der Waals surface area contributed by atoms with Crippen LogP contribution in [0.5, 0.6) is 0 Å². The van der Waals surface area contributed by atoms with Crippen molar-refractivity contribution in [3.05, 3.63) is 52.3 Å². The number of hydrogen-bond acceptors (Lipinski definition) is 7. The molecule has 2 aromatic rings. The van der Waals surface area contributed by atoms with E-state index < -0.39 is 39.7 Å². The lowest BCUT2D eigenvalue weighted by atomic mass is 10.2. The molecule has 1 saturated heterocycles. The number of aryl methyl sites for hydroxylation is 1. The number of hydrogen-bond donors (Lipinski definition) is 1. The number of ether oxygens (including phenoxy) is 1. The molecule has 1 fully saturated rings. The number of urea groups is 1. The van der Waals surface area contributed by atoms with E-state index in [0.717, 1.165) is 22.6 Å². The van der Waals surface area contributed by atoms with E-state index in [-0.39, 0.29) is 33.9 Å². The molecular formula is C23H27Cl2N5O6S. The maximum absolute atomic E-state index is 13.5. The second kappa shape index (κ2) is 10.7. The molecule has 1 aromatic carbocycles. The first-order valence-corrected chi connectivity index (χ1v) is 13.3. The van der Waals surface area contributed by atoms with Gasteiger partial charge in [0.1, 0.15) is 21.9 Å². The minimum Gasteiger partial charge on any atom is -0.442 e. The molecule has 4 amide bonds. The predicted molar refractivity (Wildman–Crippen MR) is 138 cm³/mol. The van der Waals surface area contributed by atoms with Crippen LogP contribution in [0.25, 0.3) is 0 Å². The molecule has 0 spiro atoms. The first-order chi connectivity index (χ1) is 17.1. The highest BCUT2D eigenvalue weighted by Crippen LogP contribution is 2.27. The van der Waals surface area contributed by atoms with Crippen LogP contribution in [0.1, 0.15) is 32.8 Å². The van der Waals surface area contributed by atoms with Crippen LogP contribution in [0.4, 0.5) is 15.3 Å². The Hall–Kier alpha value is -3.09. The van der Waals surface area contributed by atoms with Crippen molar-refractivity contribution in [1.29, 1.82) is 0 Å². The lowest BCUT2D eigenvalue weighted by Crippen LogP contribution is -2.55. The molecule has 0 radical (unpaired) electrons. The smallest absolute Gasteiger partial charge is 0.429 e. The lowest BCUT2D eigenvalue weighted by molar-refractivity contribution is -0.131. The number of amides is 4. The maximum atomic E-state index is 13.5. The van der Waals surface area contributed by atoms with Gasteiger partial charge in [0, 0.05) is 19.3 Å². The SMILES string of the molecule is Cc1ccc(S(=O)(=O)N(C)C(=O)C2CCN(C(=O)OC(C)(C)C)N2C(=O)Nc2cc(Cl)nc(Cl)c2)cc1. The standard InChI is InChI=1S/C23H27Cl2N5O6S/c1-14-6-8-16(9-7-14)37(34,35)28(5)20(31)17-10-11-29(22(33)36-23(2,3)4)30(17)21(32)26-15-12-18(24)27-19(25)13-15/h6-9,12-13,17H,10-11H2,1-5H3,(H,26,27,32). The first-order valence-electron chi connectivity index (χ1n) is 11.1. The van der Waals surface area contributed by atoms with Crippen LogP contribution in [0.2, 0.25) is 10.3 Å². The number of anilines is 1. The third-order valence-corrected chi connectivity index (χ3v) is 7.43. The van der Waals surface area contributed by atoms with E-state index in [1.165, 1.54) is 24.3 Å². The van der Waals surface area contributed by atoms with Gasteiger partial charge in [-0.15, -0.1) is 0 Å². The number of benzene rings is 1. The molecule has 37 heavy (non-hydrogen) atoms. The Kier molecular flexibility index (Phi) is 8.25. The molecule has 1 aliphatic heterocycles. The second-order valence-electron chi connectivity index (χ2n) is 9.31. The van der Waals surface area contributed by atoms with Crippen LogP contribution < -0.4 is 5.32 Å². The van der Waals surface area contributed by atoms with E-state index in [1.54, 1.807) is 39.8 Å². The second-order valence-corrected chi connectivity index (χ2v) is 12.1. The number of halogens is 2. The summed E-state index contributed by atoms with van der Waals surface area (Å²) in [5.74, 6) is -0.910. The van der Waals surface area contributed by atoms with Crippen LogP contribution in [-0.4, -0.2) is 71.0 Å². The van der Waals surface area contributed by atoms with Gasteiger partial charge in [-0.2, -0.15) is 0 Å². The van der Waals surface area contributed by atoms with Crippen molar-refractivity contribution in [3.8, 4) is 0 Å². The van der Waals surface area contributed by atoms with Crippen molar-refractivity contribution >= 4 is 56.9 Å². The number of sulfonamides is 1. The van der Waals surface area contributed by atoms with Gasteiger partial charge < -0.3 is 10.1 Å². The van der Waals surface area contributed by atoms with Crippen molar-refractivity contribution < 1.29 is 27.5 Å². The summed E-state index contributed by atoms with van der Waals surface area (Å²) in [5.41, 5.74) is 0.104. The molecule has 0 saturated carbocycles. The van der Waals surface area contributed by atoms with Gasteiger partial charge in [-0.1, -0.05) is 40.9 Å². The van der Waals surface area contributed by atoms with Gasteiger partial charge in [0.2, 0.25) is 0 Å². The molecule has 1 aromatic heterocycles.